The Morgan fingerprint density at radius 1 is 1.39 bits per heavy atom. The molecule has 1 aliphatic heterocycles. The number of nitrogens with one attached hydrogen (secondary N) is 1. The van der Waals surface area contributed by atoms with Gasteiger partial charge in [-0.25, -0.2) is 8.78 Å². The number of rotatable bonds is 2. The van der Waals surface area contributed by atoms with Crippen molar-refractivity contribution in [2.24, 2.45) is 0 Å². The molecule has 1 fully saturated rings. The van der Waals surface area contributed by atoms with E-state index in [1.165, 1.54) is 0 Å². The molecule has 18 heavy (non-hydrogen) atoms. The van der Waals surface area contributed by atoms with Crippen LogP contribution in [-0.4, -0.2) is 24.4 Å². The van der Waals surface area contributed by atoms with Crippen LogP contribution in [0.1, 0.15) is 13.3 Å². The first kappa shape index (κ1) is 12.5. The first-order valence-electron chi connectivity index (χ1n) is 5.59. The van der Waals surface area contributed by atoms with Gasteiger partial charge in [-0.1, -0.05) is 6.92 Å². The summed E-state index contributed by atoms with van der Waals surface area (Å²) in [6.07, 6.45) is 0.327. The van der Waals surface area contributed by atoms with Gasteiger partial charge in [0.2, 0.25) is 11.8 Å². The van der Waals surface area contributed by atoms with Crippen LogP contribution in [0.25, 0.3) is 0 Å². The molecule has 0 bridgehead atoms. The first-order valence-corrected chi connectivity index (χ1v) is 5.59. The van der Waals surface area contributed by atoms with E-state index in [1.807, 2.05) is 0 Å². The number of carbonyl (C=O) groups is 2. The fourth-order valence-electron chi connectivity index (χ4n) is 2.00. The van der Waals surface area contributed by atoms with Crippen molar-refractivity contribution in [3.63, 3.8) is 0 Å². The van der Waals surface area contributed by atoms with E-state index in [0.29, 0.717) is 6.42 Å². The lowest BCUT2D eigenvalue weighted by atomic mass is 10.1. The summed E-state index contributed by atoms with van der Waals surface area (Å²) in [6.45, 7) is 1.50. The van der Waals surface area contributed by atoms with Crippen LogP contribution >= 0.6 is 0 Å². The van der Waals surface area contributed by atoms with E-state index < -0.39 is 23.6 Å². The normalized spacial score (nSPS) is 19.9. The molecule has 1 saturated heterocycles. The molecule has 1 aromatic rings. The van der Waals surface area contributed by atoms with Crippen molar-refractivity contribution in [3.05, 3.63) is 29.8 Å². The number of nitrogens with zero attached hydrogens (tertiary/aromatic N) is 1. The van der Waals surface area contributed by atoms with Crippen molar-refractivity contribution in [1.82, 2.24) is 5.32 Å². The maximum Gasteiger partial charge on any atom is 0.247 e. The van der Waals surface area contributed by atoms with Crippen molar-refractivity contribution in [1.29, 1.82) is 0 Å². The largest absolute Gasteiger partial charge is 0.345 e. The van der Waals surface area contributed by atoms with Gasteiger partial charge >= 0.3 is 0 Å². The Kier molecular flexibility index (Phi) is 3.27. The Labute approximate surface area is 103 Å². The topological polar surface area (TPSA) is 49.4 Å². The molecule has 0 aliphatic carbocycles. The average molecular weight is 254 g/mol. The van der Waals surface area contributed by atoms with E-state index in [2.05, 4.69) is 5.32 Å². The van der Waals surface area contributed by atoms with E-state index in [4.69, 9.17) is 0 Å². The van der Waals surface area contributed by atoms with Crippen LogP contribution < -0.4 is 10.2 Å². The lowest BCUT2D eigenvalue weighted by molar-refractivity contribution is -0.131. The van der Waals surface area contributed by atoms with Crippen LogP contribution in [0.4, 0.5) is 14.5 Å². The summed E-state index contributed by atoms with van der Waals surface area (Å²) in [5.74, 6) is -2.19. The molecule has 4 nitrogen and oxygen atoms in total. The Hall–Kier alpha value is -1.98. The Bertz CT molecular complexity index is 505. The Morgan fingerprint density at radius 3 is 2.78 bits per heavy atom. The third kappa shape index (κ3) is 2.05. The molecule has 1 N–H and O–H groups in total. The smallest absolute Gasteiger partial charge is 0.247 e. The molecule has 1 aromatic carbocycles. The quantitative estimate of drug-likeness (QED) is 0.862. The van der Waals surface area contributed by atoms with Gasteiger partial charge in [0.05, 0.1) is 12.2 Å². The minimum absolute atomic E-state index is 0.193. The molecule has 6 heteroatoms. The Morgan fingerprint density at radius 2 is 2.11 bits per heavy atom. The minimum Gasteiger partial charge on any atom is -0.345 e. The number of carbonyl (C=O) groups excluding carboxylic acids is 2. The fraction of sp³-hybridized carbons (Fsp3) is 0.333. The second-order valence-corrected chi connectivity index (χ2v) is 4.00. The summed E-state index contributed by atoms with van der Waals surface area (Å²) in [7, 11) is 0. The van der Waals surface area contributed by atoms with Crippen LogP contribution in [0.2, 0.25) is 0 Å². The summed E-state index contributed by atoms with van der Waals surface area (Å²) in [5.41, 5.74) is -0.193. The fourth-order valence-corrected chi connectivity index (χ4v) is 2.00. The van der Waals surface area contributed by atoms with Gasteiger partial charge in [-0.05, 0) is 18.6 Å². The number of piperazine rings is 1. The van der Waals surface area contributed by atoms with Gasteiger partial charge in [0.25, 0.3) is 0 Å². The van der Waals surface area contributed by atoms with Gasteiger partial charge in [0.15, 0.2) is 0 Å². The van der Waals surface area contributed by atoms with Crippen molar-refractivity contribution >= 4 is 17.5 Å². The lowest BCUT2D eigenvalue weighted by Crippen LogP contribution is -2.58. The maximum absolute atomic E-state index is 13.7. The summed E-state index contributed by atoms with van der Waals surface area (Å²) in [5, 5.41) is 2.42. The standard InChI is InChI=1S/C12H12F2N2O2/c1-2-9-12(18)15-6-11(17)16(9)10-5-7(13)3-4-8(10)14/h3-5,9H,2,6H2,1H3,(H,15,18). The van der Waals surface area contributed by atoms with Crippen LogP contribution in [0, 0.1) is 11.6 Å². The van der Waals surface area contributed by atoms with Crippen molar-refractivity contribution in [2.45, 2.75) is 19.4 Å². The molecule has 1 atom stereocenters. The number of anilines is 1. The summed E-state index contributed by atoms with van der Waals surface area (Å²) < 4.78 is 26.8. The maximum atomic E-state index is 13.7. The third-order valence-electron chi connectivity index (χ3n) is 2.85. The molecule has 2 rings (SSSR count). The second-order valence-electron chi connectivity index (χ2n) is 4.00. The van der Waals surface area contributed by atoms with Gasteiger partial charge in [-0.2, -0.15) is 0 Å². The van der Waals surface area contributed by atoms with Gasteiger partial charge in [0, 0.05) is 6.07 Å². The highest BCUT2D eigenvalue weighted by atomic mass is 19.1. The highest BCUT2D eigenvalue weighted by Gasteiger charge is 2.35. The zero-order chi connectivity index (χ0) is 13.3. The van der Waals surface area contributed by atoms with Gasteiger partial charge in [0.1, 0.15) is 17.7 Å². The van der Waals surface area contributed by atoms with Crippen LogP contribution in [-0.2, 0) is 9.59 Å². The Balaban J connectivity index is 2.47. The number of benzene rings is 1. The number of amides is 2. The van der Waals surface area contributed by atoms with Gasteiger partial charge in [-0.3, -0.25) is 14.5 Å². The molecule has 1 aliphatic rings. The highest BCUT2D eigenvalue weighted by molar-refractivity contribution is 6.06. The number of hydrogen-bond acceptors (Lipinski definition) is 2. The van der Waals surface area contributed by atoms with Gasteiger partial charge in [-0.15, -0.1) is 0 Å². The first-order chi connectivity index (χ1) is 8.54. The predicted molar refractivity (Wildman–Crippen MR) is 60.9 cm³/mol. The molecule has 0 radical (unpaired) electrons. The van der Waals surface area contributed by atoms with Crippen molar-refractivity contribution in [3.8, 4) is 0 Å². The number of hydrogen-bond donors (Lipinski definition) is 1. The molecule has 1 unspecified atom stereocenters. The molecule has 0 aromatic heterocycles. The molecule has 2 amide bonds. The average Bonchev–Trinajstić information content (AvgIpc) is 2.35. The van der Waals surface area contributed by atoms with E-state index in [9.17, 15) is 18.4 Å². The second kappa shape index (κ2) is 4.72. The molecular formula is C12H12F2N2O2. The van der Waals surface area contributed by atoms with Crippen LogP contribution in [0.15, 0.2) is 18.2 Å². The molecule has 1 heterocycles. The zero-order valence-electron chi connectivity index (χ0n) is 9.74. The van der Waals surface area contributed by atoms with Crippen molar-refractivity contribution < 1.29 is 18.4 Å². The summed E-state index contributed by atoms with van der Waals surface area (Å²) in [6, 6.07) is 2.03. The monoisotopic (exact) mass is 254 g/mol. The molecule has 0 spiro atoms. The predicted octanol–water partition coefficient (Wildman–Crippen LogP) is 1.21. The molecule has 0 saturated carbocycles. The zero-order valence-corrected chi connectivity index (χ0v) is 9.74. The van der Waals surface area contributed by atoms with E-state index in [-0.39, 0.29) is 18.1 Å². The minimum atomic E-state index is -0.803. The highest BCUT2D eigenvalue weighted by Crippen LogP contribution is 2.25. The lowest BCUT2D eigenvalue weighted by Gasteiger charge is -2.34. The molecule has 96 valence electrons. The van der Waals surface area contributed by atoms with E-state index in [0.717, 1.165) is 23.1 Å². The summed E-state index contributed by atoms with van der Waals surface area (Å²) >= 11 is 0. The number of halogens is 2. The van der Waals surface area contributed by atoms with E-state index in [1.54, 1.807) is 6.92 Å². The SMILES string of the molecule is CCC1C(=O)NCC(=O)N1c1cc(F)ccc1F. The van der Waals surface area contributed by atoms with Crippen LogP contribution in [0.5, 0.6) is 0 Å². The van der Waals surface area contributed by atoms with E-state index >= 15 is 0 Å². The van der Waals surface area contributed by atoms with Crippen molar-refractivity contribution in [2.75, 3.05) is 11.4 Å². The summed E-state index contributed by atoms with van der Waals surface area (Å²) in [4.78, 5) is 24.4. The molecular weight excluding hydrogens is 242 g/mol. The van der Waals surface area contributed by atoms with Gasteiger partial charge < -0.3 is 5.32 Å². The third-order valence-corrected chi connectivity index (χ3v) is 2.85. The van der Waals surface area contributed by atoms with Crippen LogP contribution in [0.3, 0.4) is 0 Å².